The topological polar surface area (TPSA) is 50.4 Å². The second kappa shape index (κ2) is 6.16. The van der Waals surface area contributed by atoms with Crippen LogP contribution in [0, 0.1) is 17.5 Å². The summed E-state index contributed by atoms with van der Waals surface area (Å²) in [4.78, 5) is 11.8. The molecule has 1 amide bonds. The van der Waals surface area contributed by atoms with Gasteiger partial charge >= 0.3 is 6.09 Å². The maximum Gasteiger partial charge on any atom is 0.407 e. The van der Waals surface area contributed by atoms with Crippen molar-refractivity contribution in [1.82, 2.24) is 10.6 Å². The minimum absolute atomic E-state index is 0.0324. The van der Waals surface area contributed by atoms with E-state index in [-0.39, 0.29) is 5.56 Å². The number of alkyl carbamates (subject to hydrolysis) is 1. The molecule has 1 aromatic rings. The highest BCUT2D eigenvalue weighted by Gasteiger charge is 2.33. The summed E-state index contributed by atoms with van der Waals surface area (Å²) in [5.41, 5.74) is -0.622. The first-order valence-corrected chi connectivity index (χ1v) is 7.02. The summed E-state index contributed by atoms with van der Waals surface area (Å²) >= 11 is 0. The maximum absolute atomic E-state index is 13.9. The smallest absolute Gasteiger partial charge is 0.407 e. The van der Waals surface area contributed by atoms with E-state index in [9.17, 15) is 18.0 Å². The van der Waals surface area contributed by atoms with E-state index in [1.54, 1.807) is 20.8 Å². The fourth-order valence-electron chi connectivity index (χ4n) is 2.44. The normalized spacial score (nSPS) is 21.7. The van der Waals surface area contributed by atoms with Crippen LogP contribution in [0.1, 0.15) is 32.3 Å². The van der Waals surface area contributed by atoms with Crippen LogP contribution in [0.15, 0.2) is 12.1 Å². The summed E-state index contributed by atoms with van der Waals surface area (Å²) in [5, 5.41) is 5.64. The van der Waals surface area contributed by atoms with E-state index in [1.807, 2.05) is 0 Å². The van der Waals surface area contributed by atoms with Crippen LogP contribution in [0.2, 0.25) is 0 Å². The summed E-state index contributed by atoms with van der Waals surface area (Å²) in [6.07, 6.45) is -0.630. The molecule has 1 saturated heterocycles. The molecule has 22 heavy (non-hydrogen) atoms. The fourth-order valence-corrected chi connectivity index (χ4v) is 2.44. The van der Waals surface area contributed by atoms with E-state index in [2.05, 4.69) is 10.6 Å². The van der Waals surface area contributed by atoms with Gasteiger partial charge in [-0.3, -0.25) is 0 Å². The van der Waals surface area contributed by atoms with Crippen molar-refractivity contribution in [2.45, 2.75) is 38.3 Å². The van der Waals surface area contributed by atoms with Crippen LogP contribution in [0.3, 0.4) is 0 Å². The van der Waals surface area contributed by atoms with Crippen LogP contribution in [-0.4, -0.2) is 30.8 Å². The van der Waals surface area contributed by atoms with Gasteiger partial charge in [-0.15, -0.1) is 0 Å². The largest absolute Gasteiger partial charge is 0.444 e. The number of ether oxygens (including phenoxy) is 1. The van der Waals surface area contributed by atoms with Gasteiger partial charge in [0.15, 0.2) is 11.6 Å². The van der Waals surface area contributed by atoms with Crippen molar-refractivity contribution >= 4 is 6.09 Å². The van der Waals surface area contributed by atoms with Gasteiger partial charge in [-0.25, -0.2) is 18.0 Å². The number of amides is 1. The predicted molar refractivity (Wildman–Crippen MR) is 75.1 cm³/mol. The summed E-state index contributed by atoms with van der Waals surface area (Å²) < 4.78 is 45.4. The Morgan fingerprint density at radius 3 is 2.45 bits per heavy atom. The highest BCUT2D eigenvalue weighted by molar-refractivity contribution is 5.68. The molecule has 1 aliphatic heterocycles. The standard InChI is InChI=1S/C15H19F3N2O2/c1-15(2,3)22-14(21)20-13-7-19-6-9(13)8-4-11(17)12(18)5-10(8)16/h4-5,9,13,19H,6-7H2,1-3H3,(H,20,21)/t9-,13?/m1/s1. The summed E-state index contributed by atoms with van der Waals surface area (Å²) in [6, 6.07) is 0.897. The van der Waals surface area contributed by atoms with Gasteiger partial charge in [-0.05, 0) is 32.4 Å². The number of rotatable bonds is 2. The average molecular weight is 316 g/mol. The first kappa shape index (κ1) is 16.6. The molecular formula is C15H19F3N2O2. The van der Waals surface area contributed by atoms with Crippen LogP contribution in [0.5, 0.6) is 0 Å². The first-order valence-electron chi connectivity index (χ1n) is 7.02. The average Bonchev–Trinajstić information content (AvgIpc) is 2.79. The van der Waals surface area contributed by atoms with Gasteiger partial charge in [0.25, 0.3) is 0 Å². The Balaban J connectivity index is 2.14. The molecule has 0 bridgehead atoms. The van der Waals surface area contributed by atoms with Crippen molar-refractivity contribution in [2.75, 3.05) is 13.1 Å². The van der Waals surface area contributed by atoms with E-state index in [0.29, 0.717) is 19.2 Å². The van der Waals surface area contributed by atoms with Crippen molar-refractivity contribution in [2.24, 2.45) is 0 Å². The molecule has 0 spiro atoms. The lowest BCUT2D eigenvalue weighted by Crippen LogP contribution is -2.42. The monoisotopic (exact) mass is 316 g/mol. The predicted octanol–water partition coefficient (Wildman–Crippen LogP) is 2.68. The van der Waals surface area contributed by atoms with Gasteiger partial charge in [-0.2, -0.15) is 0 Å². The van der Waals surface area contributed by atoms with Crippen molar-refractivity contribution in [3.63, 3.8) is 0 Å². The van der Waals surface area contributed by atoms with E-state index in [1.165, 1.54) is 0 Å². The molecule has 122 valence electrons. The lowest BCUT2D eigenvalue weighted by atomic mass is 9.93. The molecule has 1 aliphatic rings. The second-order valence-electron chi connectivity index (χ2n) is 6.31. The fraction of sp³-hybridized carbons (Fsp3) is 0.533. The Labute approximate surface area is 127 Å². The molecule has 1 unspecified atom stereocenters. The number of halogens is 3. The SMILES string of the molecule is CC(C)(C)OC(=O)NC1CNC[C@@H]1c1cc(F)c(F)cc1F. The number of benzene rings is 1. The van der Waals surface area contributed by atoms with E-state index in [4.69, 9.17) is 4.74 Å². The lowest BCUT2D eigenvalue weighted by Gasteiger charge is -2.24. The number of carbonyl (C=O) groups is 1. The molecule has 7 heteroatoms. The Hall–Kier alpha value is -1.76. The Morgan fingerprint density at radius 2 is 1.82 bits per heavy atom. The Kier molecular flexibility index (Phi) is 4.65. The van der Waals surface area contributed by atoms with Gasteiger partial charge in [0.05, 0.1) is 6.04 Å². The van der Waals surface area contributed by atoms with E-state index >= 15 is 0 Å². The van der Waals surface area contributed by atoms with Gasteiger partial charge < -0.3 is 15.4 Å². The minimum Gasteiger partial charge on any atom is -0.444 e. The minimum atomic E-state index is -1.23. The summed E-state index contributed by atoms with van der Waals surface area (Å²) in [5.74, 6) is -3.67. The van der Waals surface area contributed by atoms with Gasteiger partial charge in [-0.1, -0.05) is 0 Å². The third-order valence-corrected chi connectivity index (χ3v) is 3.36. The number of carbonyl (C=O) groups excluding carboxylic acids is 1. The third-order valence-electron chi connectivity index (χ3n) is 3.36. The van der Waals surface area contributed by atoms with Gasteiger partial charge in [0.1, 0.15) is 11.4 Å². The highest BCUT2D eigenvalue weighted by Crippen LogP contribution is 2.27. The summed E-state index contributed by atoms with van der Waals surface area (Å²) in [6.45, 7) is 5.93. The number of hydrogen-bond donors (Lipinski definition) is 2. The molecule has 0 radical (unpaired) electrons. The van der Waals surface area contributed by atoms with Gasteiger partial charge in [0.2, 0.25) is 0 Å². The maximum atomic E-state index is 13.9. The molecule has 1 aromatic carbocycles. The molecular weight excluding hydrogens is 297 g/mol. The van der Waals surface area contributed by atoms with Crippen LogP contribution < -0.4 is 10.6 Å². The van der Waals surface area contributed by atoms with Crippen LogP contribution in [-0.2, 0) is 4.74 Å². The molecule has 4 nitrogen and oxygen atoms in total. The molecule has 0 saturated carbocycles. The molecule has 2 rings (SSSR count). The third kappa shape index (κ3) is 3.91. The Bertz CT molecular complexity index is 573. The molecule has 2 atom stereocenters. The first-order chi connectivity index (χ1) is 10.2. The molecule has 0 aliphatic carbocycles. The Morgan fingerprint density at radius 1 is 1.18 bits per heavy atom. The molecule has 1 heterocycles. The summed E-state index contributed by atoms with van der Waals surface area (Å²) in [7, 11) is 0. The zero-order chi connectivity index (χ0) is 16.5. The highest BCUT2D eigenvalue weighted by atomic mass is 19.2. The molecule has 0 aromatic heterocycles. The van der Waals surface area contributed by atoms with Crippen molar-refractivity contribution in [3.8, 4) is 0 Å². The second-order valence-corrected chi connectivity index (χ2v) is 6.31. The lowest BCUT2D eigenvalue weighted by molar-refractivity contribution is 0.0504. The van der Waals surface area contributed by atoms with Gasteiger partial charge in [0, 0.05) is 25.1 Å². The van der Waals surface area contributed by atoms with Crippen LogP contribution in [0.4, 0.5) is 18.0 Å². The van der Waals surface area contributed by atoms with Crippen LogP contribution >= 0.6 is 0 Å². The number of nitrogens with one attached hydrogen (secondary N) is 2. The van der Waals surface area contributed by atoms with E-state index in [0.717, 1.165) is 6.07 Å². The zero-order valence-electron chi connectivity index (χ0n) is 12.7. The van der Waals surface area contributed by atoms with Crippen LogP contribution in [0.25, 0.3) is 0 Å². The molecule has 2 N–H and O–H groups in total. The van der Waals surface area contributed by atoms with E-state index < -0.39 is 41.1 Å². The van der Waals surface area contributed by atoms with Crippen molar-refractivity contribution < 1.29 is 22.7 Å². The quantitative estimate of drug-likeness (QED) is 0.825. The van der Waals surface area contributed by atoms with Crippen molar-refractivity contribution in [3.05, 3.63) is 35.1 Å². The number of hydrogen-bond acceptors (Lipinski definition) is 3. The van der Waals surface area contributed by atoms with Crippen molar-refractivity contribution in [1.29, 1.82) is 0 Å². The molecule has 1 fully saturated rings. The zero-order valence-corrected chi connectivity index (χ0v) is 12.7.